The molecule has 2 atom stereocenters. The second-order valence-corrected chi connectivity index (χ2v) is 10.2. The van der Waals surface area contributed by atoms with Crippen molar-refractivity contribution in [2.75, 3.05) is 13.6 Å². The molecule has 3 N–H and O–H groups in total. The maximum absolute atomic E-state index is 13.0. The molecule has 0 radical (unpaired) electrons. The Hall–Kier alpha value is -2.71. The predicted octanol–water partition coefficient (Wildman–Crippen LogP) is 3.39. The van der Waals surface area contributed by atoms with Crippen LogP contribution < -0.4 is 10.6 Å². The van der Waals surface area contributed by atoms with E-state index in [4.69, 9.17) is 0 Å². The normalized spacial score (nSPS) is 21.3. The van der Waals surface area contributed by atoms with E-state index in [-0.39, 0.29) is 23.9 Å². The summed E-state index contributed by atoms with van der Waals surface area (Å²) in [5, 5.41) is 7.89. The summed E-state index contributed by atoms with van der Waals surface area (Å²) in [5.74, 6) is -0.253. The van der Waals surface area contributed by atoms with Crippen molar-refractivity contribution >= 4 is 34.1 Å². The monoisotopic (exact) mass is 451 g/mol. The van der Waals surface area contributed by atoms with Crippen molar-refractivity contribution in [1.82, 2.24) is 25.5 Å². The van der Waals surface area contributed by atoms with Crippen LogP contribution in [0, 0.1) is 6.92 Å². The molecule has 1 fully saturated rings. The third kappa shape index (κ3) is 4.29. The minimum atomic E-state index is -0.127. The zero-order valence-electron chi connectivity index (χ0n) is 18.5. The topological polar surface area (TPSA) is 90.1 Å². The summed E-state index contributed by atoms with van der Waals surface area (Å²) in [6, 6.07) is 7.81. The van der Waals surface area contributed by atoms with Gasteiger partial charge in [-0.1, -0.05) is 24.5 Å². The summed E-state index contributed by atoms with van der Waals surface area (Å²) < 4.78 is 0. The number of nitrogens with zero attached hydrogens (tertiary/aromatic N) is 2. The SMILES string of the molecule is Cc1ccc2[nH]c(C(=O)NC3CCCCC3NC(=O)c3nc4c(s3)CN(C)CC4)cc2c1. The predicted molar refractivity (Wildman–Crippen MR) is 126 cm³/mol. The zero-order chi connectivity index (χ0) is 22.2. The Bertz CT molecular complexity index is 1170. The quantitative estimate of drug-likeness (QED) is 0.567. The largest absolute Gasteiger partial charge is 0.351 e. The van der Waals surface area contributed by atoms with Gasteiger partial charge in [-0.2, -0.15) is 0 Å². The van der Waals surface area contributed by atoms with Crippen LogP contribution in [0.2, 0.25) is 0 Å². The molecular formula is C24H29N5O2S. The van der Waals surface area contributed by atoms with Gasteiger partial charge in [0.15, 0.2) is 5.01 Å². The minimum absolute atomic E-state index is 0.0876. The van der Waals surface area contributed by atoms with Crippen LogP contribution in [-0.4, -0.2) is 52.4 Å². The van der Waals surface area contributed by atoms with Gasteiger partial charge >= 0.3 is 0 Å². The van der Waals surface area contributed by atoms with E-state index >= 15 is 0 Å². The van der Waals surface area contributed by atoms with Gasteiger partial charge in [-0.25, -0.2) is 4.98 Å². The molecule has 7 nitrogen and oxygen atoms in total. The molecule has 0 bridgehead atoms. The second kappa shape index (κ2) is 8.67. The van der Waals surface area contributed by atoms with Crippen LogP contribution >= 0.6 is 11.3 Å². The van der Waals surface area contributed by atoms with Gasteiger partial charge in [-0.15, -0.1) is 11.3 Å². The number of rotatable bonds is 4. The number of aromatic amines is 1. The molecule has 1 aliphatic carbocycles. The fourth-order valence-electron chi connectivity index (χ4n) is 4.75. The molecule has 1 aliphatic heterocycles. The van der Waals surface area contributed by atoms with E-state index in [0.717, 1.165) is 67.4 Å². The highest BCUT2D eigenvalue weighted by atomic mass is 32.1. The van der Waals surface area contributed by atoms with Crippen LogP contribution in [0.4, 0.5) is 0 Å². The number of benzene rings is 1. The molecule has 1 aromatic carbocycles. The van der Waals surface area contributed by atoms with Crippen molar-refractivity contribution in [1.29, 1.82) is 0 Å². The van der Waals surface area contributed by atoms with Crippen molar-refractivity contribution in [2.24, 2.45) is 0 Å². The number of likely N-dealkylation sites (N-methyl/N-ethyl adjacent to an activating group) is 1. The number of H-pyrrole nitrogens is 1. The molecule has 5 rings (SSSR count). The van der Waals surface area contributed by atoms with Crippen LogP contribution in [0.5, 0.6) is 0 Å². The van der Waals surface area contributed by atoms with Gasteiger partial charge in [0.1, 0.15) is 5.69 Å². The van der Waals surface area contributed by atoms with Crippen LogP contribution in [0.15, 0.2) is 24.3 Å². The Morgan fingerprint density at radius 1 is 1.12 bits per heavy atom. The molecule has 0 saturated heterocycles. The van der Waals surface area contributed by atoms with E-state index in [2.05, 4.69) is 38.6 Å². The summed E-state index contributed by atoms with van der Waals surface area (Å²) in [6.45, 7) is 3.87. The average Bonchev–Trinajstić information content (AvgIpc) is 3.38. The molecule has 2 aliphatic rings. The molecule has 2 amide bonds. The number of aromatic nitrogens is 2. The van der Waals surface area contributed by atoms with Gasteiger partial charge in [0.25, 0.3) is 11.8 Å². The maximum Gasteiger partial charge on any atom is 0.280 e. The van der Waals surface area contributed by atoms with E-state index in [1.807, 2.05) is 25.1 Å². The fourth-order valence-corrected chi connectivity index (χ4v) is 5.84. The van der Waals surface area contributed by atoms with Crippen LogP contribution in [0.1, 0.15) is 62.1 Å². The molecule has 1 saturated carbocycles. The van der Waals surface area contributed by atoms with Crippen molar-refractivity contribution in [3.05, 3.63) is 51.1 Å². The summed E-state index contributed by atoms with van der Waals surface area (Å²) >= 11 is 1.49. The summed E-state index contributed by atoms with van der Waals surface area (Å²) in [7, 11) is 2.09. The van der Waals surface area contributed by atoms with Gasteiger partial charge in [0.05, 0.1) is 5.69 Å². The van der Waals surface area contributed by atoms with Gasteiger partial charge in [-0.3, -0.25) is 9.59 Å². The zero-order valence-corrected chi connectivity index (χ0v) is 19.3. The molecule has 32 heavy (non-hydrogen) atoms. The van der Waals surface area contributed by atoms with E-state index in [1.165, 1.54) is 16.2 Å². The summed E-state index contributed by atoms with van der Waals surface area (Å²) in [6.07, 6.45) is 4.69. The van der Waals surface area contributed by atoms with E-state index in [0.29, 0.717) is 10.7 Å². The van der Waals surface area contributed by atoms with E-state index in [9.17, 15) is 9.59 Å². The first-order valence-electron chi connectivity index (χ1n) is 11.3. The number of fused-ring (bicyclic) bond motifs is 2. The maximum atomic E-state index is 13.0. The molecule has 3 aromatic rings. The first-order valence-corrected chi connectivity index (χ1v) is 12.2. The molecular weight excluding hydrogens is 422 g/mol. The highest BCUT2D eigenvalue weighted by molar-refractivity contribution is 7.13. The van der Waals surface area contributed by atoms with Gasteiger partial charge < -0.3 is 20.5 Å². The fraction of sp³-hybridized carbons (Fsp3) is 0.458. The van der Waals surface area contributed by atoms with E-state index < -0.39 is 0 Å². The third-order valence-electron chi connectivity index (χ3n) is 6.54. The van der Waals surface area contributed by atoms with Crippen LogP contribution in [-0.2, 0) is 13.0 Å². The number of thiazole rings is 1. The molecule has 168 valence electrons. The Balaban J connectivity index is 1.27. The van der Waals surface area contributed by atoms with Crippen molar-refractivity contribution in [3.8, 4) is 0 Å². The minimum Gasteiger partial charge on any atom is -0.351 e. The molecule has 2 aromatic heterocycles. The summed E-state index contributed by atoms with van der Waals surface area (Å²) in [4.78, 5) is 37.2. The molecule has 0 spiro atoms. The smallest absolute Gasteiger partial charge is 0.280 e. The highest BCUT2D eigenvalue weighted by Crippen LogP contribution is 2.26. The first kappa shape index (κ1) is 21.2. The van der Waals surface area contributed by atoms with Crippen molar-refractivity contribution in [2.45, 2.75) is 57.7 Å². The number of carbonyl (C=O) groups is 2. The van der Waals surface area contributed by atoms with Gasteiger partial charge in [0.2, 0.25) is 0 Å². The number of hydrogen-bond donors (Lipinski definition) is 3. The van der Waals surface area contributed by atoms with Crippen molar-refractivity contribution in [3.63, 3.8) is 0 Å². The summed E-state index contributed by atoms with van der Waals surface area (Å²) in [5.41, 5.74) is 3.72. The lowest BCUT2D eigenvalue weighted by Gasteiger charge is -2.32. The number of hydrogen-bond acceptors (Lipinski definition) is 5. The lowest BCUT2D eigenvalue weighted by atomic mass is 9.90. The Kier molecular flexibility index (Phi) is 5.73. The lowest BCUT2D eigenvalue weighted by Crippen LogP contribution is -2.53. The first-order chi connectivity index (χ1) is 15.5. The number of carbonyl (C=O) groups excluding carboxylic acids is 2. The van der Waals surface area contributed by atoms with E-state index in [1.54, 1.807) is 0 Å². The number of aryl methyl sites for hydroxylation is 1. The second-order valence-electron chi connectivity index (χ2n) is 9.09. The van der Waals surface area contributed by atoms with Gasteiger partial charge in [0, 0.05) is 47.4 Å². The van der Waals surface area contributed by atoms with Crippen LogP contribution in [0.3, 0.4) is 0 Å². The third-order valence-corrected chi connectivity index (χ3v) is 7.62. The van der Waals surface area contributed by atoms with Gasteiger partial charge in [-0.05, 0) is 45.0 Å². The lowest BCUT2D eigenvalue weighted by molar-refractivity contribution is 0.0860. The Morgan fingerprint density at radius 2 is 1.88 bits per heavy atom. The average molecular weight is 452 g/mol. The Labute approximate surface area is 191 Å². The highest BCUT2D eigenvalue weighted by Gasteiger charge is 2.30. The standard InChI is InChI=1S/C24H29N5O2S/c1-14-7-8-16-15(11-14)12-20(25-16)22(30)26-17-5-3-4-6-18(17)27-23(31)24-28-19-9-10-29(2)13-21(19)32-24/h7-8,11-12,17-18,25H,3-6,9-10,13H2,1-2H3,(H,26,30)(H,27,31). The number of nitrogens with one attached hydrogen (secondary N) is 3. The molecule has 3 heterocycles. The van der Waals surface area contributed by atoms with Crippen molar-refractivity contribution < 1.29 is 9.59 Å². The molecule has 2 unspecified atom stereocenters. The van der Waals surface area contributed by atoms with Crippen LogP contribution in [0.25, 0.3) is 10.9 Å². The Morgan fingerprint density at radius 3 is 2.66 bits per heavy atom. The molecule has 8 heteroatoms. The number of amides is 2.